The monoisotopic (exact) mass is 274 g/mol. The van der Waals surface area contributed by atoms with Gasteiger partial charge >= 0.3 is 11.9 Å². The first-order chi connectivity index (χ1) is 9.56. The number of hydrogen-bond acceptors (Lipinski definition) is 5. The van der Waals surface area contributed by atoms with E-state index in [1.165, 1.54) is 14.2 Å². The molecule has 1 aromatic carbocycles. The Bertz CT molecular complexity index is 644. The summed E-state index contributed by atoms with van der Waals surface area (Å²) in [6, 6.07) is 8.34. The van der Waals surface area contributed by atoms with Gasteiger partial charge in [-0.1, -0.05) is 12.1 Å². The molecule has 0 bridgehead atoms. The van der Waals surface area contributed by atoms with Gasteiger partial charge in [0.2, 0.25) is 0 Å². The summed E-state index contributed by atoms with van der Waals surface area (Å²) in [5, 5.41) is 0. The van der Waals surface area contributed by atoms with E-state index in [0.29, 0.717) is 11.3 Å². The second-order valence-corrected chi connectivity index (χ2v) is 4.07. The minimum absolute atomic E-state index is 0.240. The van der Waals surface area contributed by atoms with Crippen LogP contribution in [0.4, 0.5) is 5.82 Å². The number of H-pyrrole nitrogens is 1. The molecule has 0 saturated heterocycles. The fourth-order valence-electron chi connectivity index (χ4n) is 1.81. The highest BCUT2D eigenvalue weighted by Crippen LogP contribution is 2.24. The lowest BCUT2D eigenvalue weighted by Gasteiger charge is -2.01. The Hall–Kier alpha value is -2.76. The van der Waals surface area contributed by atoms with Crippen LogP contribution in [0, 0.1) is 0 Å². The van der Waals surface area contributed by atoms with Crippen LogP contribution in [0.5, 0.6) is 0 Å². The standard InChI is InChI=1S/C14H14N2O4/c1-19-13(17)9-5-3-8(4-6-9)11-7-10(12(15)16-11)14(18)20-2/h3-7,16H,15H2,1-2H3. The molecule has 104 valence electrons. The molecule has 0 radical (unpaired) electrons. The Morgan fingerprint density at radius 2 is 1.65 bits per heavy atom. The first-order valence-corrected chi connectivity index (χ1v) is 5.82. The van der Waals surface area contributed by atoms with Gasteiger partial charge in [0.25, 0.3) is 0 Å². The summed E-state index contributed by atoms with van der Waals surface area (Å²) in [5.74, 6) is -0.669. The number of rotatable bonds is 3. The van der Waals surface area contributed by atoms with Crippen molar-refractivity contribution in [3.8, 4) is 11.3 Å². The summed E-state index contributed by atoms with van der Waals surface area (Å²) in [5.41, 5.74) is 7.91. The van der Waals surface area contributed by atoms with Crippen molar-refractivity contribution >= 4 is 17.8 Å². The summed E-state index contributed by atoms with van der Waals surface area (Å²) in [7, 11) is 2.62. The molecule has 0 unspecified atom stereocenters. The Morgan fingerprint density at radius 1 is 1.05 bits per heavy atom. The third-order valence-corrected chi connectivity index (χ3v) is 2.87. The van der Waals surface area contributed by atoms with Gasteiger partial charge < -0.3 is 20.2 Å². The van der Waals surface area contributed by atoms with Crippen molar-refractivity contribution in [3.05, 3.63) is 41.5 Å². The minimum atomic E-state index is -0.504. The number of methoxy groups -OCH3 is 2. The second kappa shape index (κ2) is 5.48. The van der Waals surface area contributed by atoms with Gasteiger partial charge in [-0.05, 0) is 23.8 Å². The number of aromatic amines is 1. The first kappa shape index (κ1) is 13.7. The van der Waals surface area contributed by atoms with E-state index < -0.39 is 11.9 Å². The zero-order valence-electron chi connectivity index (χ0n) is 11.1. The van der Waals surface area contributed by atoms with E-state index in [2.05, 4.69) is 14.5 Å². The van der Waals surface area contributed by atoms with Gasteiger partial charge in [-0.3, -0.25) is 0 Å². The van der Waals surface area contributed by atoms with Crippen LogP contribution in [0.25, 0.3) is 11.3 Å². The van der Waals surface area contributed by atoms with Gasteiger partial charge in [0.1, 0.15) is 11.4 Å². The Kier molecular flexibility index (Phi) is 3.74. The number of benzene rings is 1. The van der Waals surface area contributed by atoms with Crippen molar-refractivity contribution in [2.45, 2.75) is 0 Å². The summed E-state index contributed by atoms with van der Waals surface area (Å²) >= 11 is 0. The lowest BCUT2D eigenvalue weighted by Crippen LogP contribution is -2.02. The topological polar surface area (TPSA) is 94.4 Å². The first-order valence-electron chi connectivity index (χ1n) is 5.82. The Labute approximate surface area is 115 Å². The molecule has 1 aromatic heterocycles. The number of nitrogens with one attached hydrogen (secondary N) is 1. The predicted molar refractivity (Wildman–Crippen MR) is 73.3 cm³/mol. The largest absolute Gasteiger partial charge is 0.465 e. The van der Waals surface area contributed by atoms with Crippen molar-refractivity contribution in [2.75, 3.05) is 20.0 Å². The molecule has 6 heteroatoms. The Balaban J connectivity index is 2.33. The fraction of sp³-hybridized carbons (Fsp3) is 0.143. The van der Waals surface area contributed by atoms with Crippen LogP contribution in [-0.4, -0.2) is 31.1 Å². The normalized spacial score (nSPS) is 10.1. The molecule has 0 aliphatic heterocycles. The molecule has 2 rings (SSSR count). The average molecular weight is 274 g/mol. The van der Waals surface area contributed by atoms with Gasteiger partial charge in [0.05, 0.1) is 19.8 Å². The number of esters is 2. The van der Waals surface area contributed by atoms with Gasteiger partial charge in [-0.2, -0.15) is 0 Å². The van der Waals surface area contributed by atoms with Crippen LogP contribution in [0.1, 0.15) is 20.7 Å². The highest BCUT2D eigenvalue weighted by atomic mass is 16.5. The average Bonchev–Trinajstić information content (AvgIpc) is 2.87. The molecule has 0 aliphatic carbocycles. The summed E-state index contributed by atoms with van der Waals surface area (Å²) < 4.78 is 9.25. The van der Waals surface area contributed by atoms with E-state index >= 15 is 0 Å². The van der Waals surface area contributed by atoms with E-state index in [4.69, 9.17) is 5.73 Å². The quantitative estimate of drug-likeness (QED) is 0.833. The third-order valence-electron chi connectivity index (χ3n) is 2.87. The van der Waals surface area contributed by atoms with Crippen LogP contribution in [0.15, 0.2) is 30.3 Å². The zero-order chi connectivity index (χ0) is 14.7. The van der Waals surface area contributed by atoms with Crippen molar-refractivity contribution in [1.82, 2.24) is 4.98 Å². The van der Waals surface area contributed by atoms with E-state index in [1.807, 2.05) is 0 Å². The van der Waals surface area contributed by atoms with Crippen LogP contribution in [0.3, 0.4) is 0 Å². The smallest absolute Gasteiger partial charge is 0.341 e. The summed E-state index contributed by atoms with van der Waals surface area (Å²) in [4.78, 5) is 25.7. The molecule has 20 heavy (non-hydrogen) atoms. The van der Waals surface area contributed by atoms with Crippen molar-refractivity contribution in [3.63, 3.8) is 0 Å². The molecule has 3 N–H and O–H groups in total. The summed E-state index contributed by atoms with van der Waals surface area (Å²) in [6.45, 7) is 0. The van der Waals surface area contributed by atoms with Crippen LogP contribution in [0.2, 0.25) is 0 Å². The van der Waals surface area contributed by atoms with Gasteiger partial charge in [-0.25, -0.2) is 9.59 Å². The minimum Gasteiger partial charge on any atom is -0.465 e. The van der Waals surface area contributed by atoms with E-state index in [1.54, 1.807) is 30.3 Å². The van der Waals surface area contributed by atoms with Crippen LogP contribution >= 0.6 is 0 Å². The summed E-state index contributed by atoms with van der Waals surface area (Å²) in [6.07, 6.45) is 0. The molecule has 0 spiro atoms. The maximum Gasteiger partial charge on any atom is 0.341 e. The highest BCUT2D eigenvalue weighted by Gasteiger charge is 2.15. The van der Waals surface area contributed by atoms with Gasteiger partial charge in [0, 0.05) is 5.69 Å². The lowest BCUT2D eigenvalue weighted by atomic mass is 10.1. The highest BCUT2D eigenvalue weighted by molar-refractivity contribution is 5.96. The maximum absolute atomic E-state index is 11.5. The van der Waals surface area contributed by atoms with Gasteiger partial charge in [-0.15, -0.1) is 0 Å². The number of carbonyl (C=O) groups is 2. The van der Waals surface area contributed by atoms with Crippen molar-refractivity contribution in [1.29, 1.82) is 0 Å². The molecule has 0 fully saturated rings. The number of nitrogens with two attached hydrogens (primary N) is 1. The molecule has 0 aliphatic rings. The molecule has 0 atom stereocenters. The van der Waals surface area contributed by atoms with E-state index in [-0.39, 0.29) is 11.4 Å². The molecular weight excluding hydrogens is 260 g/mol. The number of carbonyl (C=O) groups excluding carboxylic acids is 2. The van der Waals surface area contributed by atoms with Crippen LogP contribution < -0.4 is 5.73 Å². The van der Waals surface area contributed by atoms with Crippen molar-refractivity contribution in [2.24, 2.45) is 0 Å². The SMILES string of the molecule is COC(=O)c1ccc(-c2cc(C(=O)OC)c(N)[nH]2)cc1. The second-order valence-electron chi connectivity index (χ2n) is 4.07. The predicted octanol–water partition coefficient (Wildman–Crippen LogP) is 1.84. The van der Waals surface area contributed by atoms with Gasteiger partial charge in [0.15, 0.2) is 0 Å². The van der Waals surface area contributed by atoms with E-state index in [9.17, 15) is 9.59 Å². The molecule has 6 nitrogen and oxygen atoms in total. The number of ether oxygens (including phenoxy) is 2. The number of aromatic nitrogens is 1. The fourth-order valence-corrected chi connectivity index (χ4v) is 1.81. The number of anilines is 1. The van der Waals surface area contributed by atoms with Crippen LogP contribution in [-0.2, 0) is 9.47 Å². The maximum atomic E-state index is 11.5. The number of hydrogen-bond donors (Lipinski definition) is 2. The molecule has 0 amide bonds. The zero-order valence-corrected chi connectivity index (χ0v) is 11.1. The van der Waals surface area contributed by atoms with Crippen molar-refractivity contribution < 1.29 is 19.1 Å². The molecular formula is C14H14N2O4. The lowest BCUT2D eigenvalue weighted by molar-refractivity contribution is 0.0592. The molecule has 1 heterocycles. The molecule has 2 aromatic rings. The third kappa shape index (κ3) is 2.49. The molecule has 0 saturated carbocycles. The van der Waals surface area contributed by atoms with E-state index in [0.717, 1.165) is 5.56 Å². The number of nitrogen functional groups attached to an aromatic ring is 1. The Morgan fingerprint density at radius 3 is 2.20 bits per heavy atom.